The molecule has 0 aromatic heterocycles. The zero-order chi connectivity index (χ0) is 23.0. The molecular formula is C24H30ClFN2O2S. The van der Waals surface area contributed by atoms with Crippen molar-refractivity contribution in [3.05, 3.63) is 70.0 Å². The van der Waals surface area contributed by atoms with E-state index in [0.717, 1.165) is 17.5 Å². The highest BCUT2D eigenvalue weighted by atomic mass is 35.5. The van der Waals surface area contributed by atoms with Crippen molar-refractivity contribution in [3.8, 4) is 0 Å². The summed E-state index contributed by atoms with van der Waals surface area (Å²) < 4.78 is 14.0. The summed E-state index contributed by atoms with van der Waals surface area (Å²) in [7, 11) is 0. The molecule has 1 N–H and O–H groups in total. The number of carbonyl (C=O) groups is 2. The molecule has 0 saturated heterocycles. The highest BCUT2D eigenvalue weighted by Crippen LogP contribution is 2.24. The van der Waals surface area contributed by atoms with Crippen molar-refractivity contribution >= 4 is 35.2 Å². The Bertz CT molecular complexity index is 871. The number of hydrogen-bond acceptors (Lipinski definition) is 3. The minimum absolute atomic E-state index is 0.0313. The van der Waals surface area contributed by atoms with Crippen molar-refractivity contribution in [1.82, 2.24) is 10.2 Å². The van der Waals surface area contributed by atoms with Gasteiger partial charge in [0.25, 0.3) is 0 Å². The number of amides is 2. The van der Waals surface area contributed by atoms with Crippen LogP contribution in [0.2, 0.25) is 5.02 Å². The number of nitrogens with zero attached hydrogens (tertiary/aromatic N) is 1. The summed E-state index contributed by atoms with van der Waals surface area (Å²) >= 11 is 7.36. The first kappa shape index (κ1) is 25.2. The van der Waals surface area contributed by atoms with Crippen LogP contribution in [-0.2, 0) is 21.9 Å². The lowest BCUT2D eigenvalue weighted by molar-refractivity contribution is -0.138. The minimum atomic E-state index is -0.625. The second-order valence-corrected chi connectivity index (χ2v) is 9.09. The van der Waals surface area contributed by atoms with Crippen LogP contribution < -0.4 is 5.32 Å². The predicted molar refractivity (Wildman–Crippen MR) is 127 cm³/mol. The SMILES string of the molecule is CC[C@H](C)NC(=O)[C@H](C)N(Cc1ccc(C)cc1)C(=O)CSCc1c(F)cccc1Cl. The van der Waals surface area contributed by atoms with Gasteiger partial charge in [0.15, 0.2) is 0 Å². The molecule has 0 heterocycles. The van der Waals surface area contributed by atoms with E-state index in [4.69, 9.17) is 11.6 Å². The van der Waals surface area contributed by atoms with Crippen LogP contribution in [0.15, 0.2) is 42.5 Å². The molecule has 2 amide bonds. The topological polar surface area (TPSA) is 49.4 Å². The molecule has 0 aliphatic carbocycles. The van der Waals surface area contributed by atoms with E-state index < -0.39 is 6.04 Å². The van der Waals surface area contributed by atoms with Gasteiger partial charge >= 0.3 is 0 Å². The molecule has 0 bridgehead atoms. The average Bonchev–Trinajstić information content (AvgIpc) is 2.74. The fourth-order valence-electron chi connectivity index (χ4n) is 2.93. The van der Waals surface area contributed by atoms with E-state index in [1.807, 2.05) is 45.0 Å². The van der Waals surface area contributed by atoms with Gasteiger partial charge in [-0.3, -0.25) is 9.59 Å². The summed E-state index contributed by atoms with van der Waals surface area (Å²) in [6, 6.07) is 11.8. The highest BCUT2D eigenvalue weighted by molar-refractivity contribution is 7.99. The maximum absolute atomic E-state index is 14.0. The van der Waals surface area contributed by atoms with Gasteiger partial charge in [-0.15, -0.1) is 11.8 Å². The number of halogens is 2. The second-order valence-electron chi connectivity index (χ2n) is 7.69. The van der Waals surface area contributed by atoms with Crippen LogP contribution in [0.3, 0.4) is 0 Å². The first-order chi connectivity index (χ1) is 14.7. The Morgan fingerprint density at radius 1 is 1.16 bits per heavy atom. The van der Waals surface area contributed by atoms with Crippen molar-refractivity contribution in [2.45, 2.75) is 58.5 Å². The third kappa shape index (κ3) is 7.54. The van der Waals surface area contributed by atoms with Crippen LogP contribution in [0, 0.1) is 12.7 Å². The van der Waals surface area contributed by atoms with Crippen LogP contribution in [-0.4, -0.2) is 34.6 Å². The van der Waals surface area contributed by atoms with Crippen LogP contribution in [0.1, 0.15) is 43.9 Å². The Balaban J connectivity index is 2.11. The van der Waals surface area contributed by atoms with Crippen LogP contribution in [0.25, 0.3) is 0 Å². The van der Waals surface area contributed by atoms with E-state index in [1.54, 1.807) is 24.0 Å². The first-order valence-electron chi connectivity index (χ1n) is 10.4. The van der Waals surface area contributed by atoms with Crippen LogP contribution in [0.5, 0.6) is 0 Å². The molecule has 4 nitrogen and oxygen atoms in total. The number of thioether (sulfide) groups is 1. The van der Waals surface area contributed by atoms with Crippen LogP contribution in [0.4, 0.5) is 4.39 Å². The lowest BCUT2D eigenvalue weighted by Gasteiger charge is -2.29. The molecule has 2 atom stereocenters. The molecule has 0 aliphatic heterocycles. The molecule has 0 fully saturated rings. The van der Waals surface area contributed by atoms with Crippen molar-refractivity contribution in [3.63, 3.8) is 0 Å². The minimum Gasteiger partial charge on any atom is -0.352 e. The number of aryl methyl sites for hydroxylation is 1. The Labute approximate surface area is 193 Å². The third-order valence-electron chi connectivity index (χ3n) is 5.18. The molecule has 0 aliphatic rings. The second kappa shape index (κ2) is 12.1. The number of nitrogens with one attached hydrogen (secondary N) is 1. The number of rotatable bonds is 10. The van der Waals surface area contributed by atoms with E-state index in [1.165, 1.54) is 17.8 Å². The standard InChI is InChI=1S/C24H30ClFN2O2S/c1-5-17(3)27-24(30)18(4)28(13-19-11-9-16(2)10-12-19)23(29)15-31-14-20-21(25)7-6-8-22(20)26/h6-12,17-18H,5,13-15H2,1-4H3,(H,27,30)/t17-,18-/m0/s1. The smallest absolute Gasteiger partial charge is 0.242 e. The summed E-state index contributed by atoms with van der Waals surface area (Å²) in [4.78, 5) is 27.4. The van der Waals surface area contributed by atoms with Gasteiger partial charge in [0, 0.05) is 28.9 Å². The Kier molecular flexibility index (Phi) is 9.85. The molecule has 0 radical (unpaired) electrons. The normalized spacial score (nSPS) is 12.8. The van der Waals surface area contributed by atoms with Gasteiger partial charge in [-0.2, -0.15) is 0 Å². The summed E-state index contributed by atoms with van der Waals surface area (Å²) in [5.41, 5.74) is 2.46. The van der Waals surface area contributed by atoms with Gasteiger partial charge < -0.3 is 10.2 Å². The highest BCUT2D eigenvalue weighted by Gasteiger charge is 2.26. The lowest BCUT2D eigenvalue weighted by atomic mass is 10.1. The fraction of sp³-hybridized carbons (Fsp3) is 0.417. The maximum Gasteiger partial charge on any atom is 0.242 e. The summed E-state index contributed by atoms with van der Waals surface area (Å²) in [6.45, 7) is 8.00. The molecule has 0 spiro atoms. The molecule has 2 rings (SSSR count). The third-order valence-corrected chi connectivity index (χ3v) is 6.47. The van der Waals surface area contributed by atoms with Crippen molar-refractivity contribution in [2.75, 3.05) is 5.75 Å². The molecule has 0 saturated carbocycles. The number of carbonyl (C=O) groups excluding carboxylic acids is 2. The molecule has 0 unspecified atom stereocenters. The molecule has 2 aromatic carbocycles. The van der Waals surface area contributed by atoms with E-state index in [2.05, 4.69) is 5.32 Å². The molecular weight excluding hydrogens is 435 g/mol. The van der Waals surface area contributed by atoms with Gasteiger partial charge in [0.2, 0.25) is 11.8 Å². The van der Waals surface area contributed by atoms with Crippen molar-refractivity contribution in [2.24, 2.45) is 0 Å². The zero-order valence-corrected chi connectivity index (χ0v) is 20.0. The molecule has 7 heteroatoms. The fourth-order valence-corrected chi connectivity index (χ4v) is 4.18. The molecule has 2 aromatic rings. The Hall–Kier alpha value is -2.05. The predicted octanol–water partition coefficient (Wildman–Crippen LogP) is 5.35. The van der Waals surface area contributed by atoms with Crippen molar-refractivity contribution < 1.29 is 14.0 Å². The van der Waals surface area contributed by atoms with E-state index in [0.29, 0.717) is 17.1 Å². The average molecular weight is 465 g/mol. The van der Waals surface area contributed by atoms with E-state index in [9.17, 15) is 14.0 Å². The Morgan fingerprint density at radius 2 is 1.84 bits per heavy atom. The maximum atomic E-state index is 14.0. The summed E-state index contributed by atoms with van der Waals surface area (Å²) in [5, 5.41) is 3.29. The van der Waals surface area contributed by atoms with Gasteiger partial charge in [-0.25, -0.2) is 4.39 Å². The van der Waals surface area contributed by atoms with Gasteiger partial charge in [0.05, 0.1) is 5.75 Å². The number of benzene rings is 2. The lowest BCUT2D eigenvalue weighted by Crippen LogP contribution is -2.50. The monoisotopic (exact) mass is 464 g/mol. The van der Waals surface area contributed by atoms with Gasteiger partial charge in [-0.05, 0) is 44.9 Å². The zero-order valence-electron chi connectivity index (χ0n) is 18.5. The van der Waals surface area contributed by atoms with E-state index >= 15 is 0 Å². The first-order valence-corrected chi connectivity index (χ1v) is 11.9. The summed E-state index contributed by atoms with van der Waals surface area (Å²) in [5.74, 6) is -0.340. The van der Waals surface area contributed by atoms with Gasteiger partial charge in [-0.1, -0.05) is 54.4 Å². The van der Waals surface area contributed by atoms with E-state index in [-0.39, 0.29) is 35.2 Å². The quantitative estimate of drug-likeness (QED) is 0.515. The largest absolute Gasteiger partial charge is 0.352 e. The number of hydrogen-bond donors (Lipinski definition) is 1. The molecule has 31 heavy (non-hydrogen) atoms. The van der Waals surface area contributed by atoms with Crippen LogP contribution >= 0.6 is 23.4 Å². The van der Waals surface area contributed by atoms with Crippen molar-refractivity contribution in [1.29, 1.82) is 0 Å². The Morgan fingerprint density at radius 3 is 2.45 bits per heavy atom. The van der Waals surface area contributed by atoms with Gasteiger partial charge in [0.1, 0.15) is 11.9 Å². The summed E-state index contributed by atoms with van der Waals surface area (Å²) in [6.07, 6.45) is 0.809. The molecule has 168 valence electrons.